The lowest BCUT2D eigenvalue weighted by Gasteiger charge is -2.32. The molecule has 1 aromatic heterocycles. The van der Waals surface area contributed by atoms with Crippen LogP contribution in [0.15, 0.2) is 30.3 Å². The third-order valence-electron chi connectivity index (χ3n) is 3.99. The smallest absolute Gasteiger partial charge is 0.136 e. The normalized spacial score (nSPS) is 17.1. The molecule has 0 aliphatic carbocycles. The molecule has 2 nitrogen and oxygen atoms in total. The van der Waals surface area contributed by atoms with Crippen LogP contribution in [0.5, 0.6) is 0 Å². The van der Waals surface area contributed by atoms with Crippen molar-refractivity contribution < 1.29 is 0 Å². The highest BCUT2D eigenvalue weighted by Gasteiger charge is 2.19. The summed E-state index contributed by atoms with van der Waals surface area (Å²) < 4.78 is 0. The second kappa shape index (κ2) is 5.38. The van der Waals surface area contributed by atoms with Crippen molar-refractivity contribution in [3.8, 4) is 0 Å². The third-order valence-corrected chi connectivity index (χ3v) is 4.27. The molecule has 2 aromatic rings. The molecule has 0 N–H and O–H groups in total. The fraction of sp³-hybridized carbons (Fsp3) is 0.438. The quantitative estimate of drug-likeness (QED) is 0.763. The summed E-state index contributed by atoms with van der Waals surface area (Å²) in [6.45, 7) is 4.53. The van der Waals surface area contributed by atoms with E-state index in [1.807, 2.05) is 0 Å². The first-order valence-electron chi connectivity index (χ1n) is 6.97. The van der Waals surface area contributed by atoms with Gasteiger partial charge in [-0.1, -0.05) is 31.2 Å². The highest BCUT2D eigenvalue weighted by atomic mass is 35.5. The van der Waals surface area contributed by atoms with Gasteiger partial charge < -0.3 is 4.90 Å². The molecule has 2 heterocycles. The zero-order valence-electron chi connectivity index (χ0n) is 11.3. The van der Waals surface area contributed by atoms with Crippen LogP contribution in [-0.4, -0.2) is 18.1 Å². The van der Waals surface area contributed by atoms with E-state index in [0.717, 1.165) is 30.5 Å². The van der Waals surface area contributed by atoms with Gasteiger partial charge in [-0.2, -0.15) is 0 Å². The number of rotatable bonds is 2. The number of aromatic nitrogens is 1. The zero-order valence-corrected chi connectivity index (χ0v) is 12.0. The van der Waals surface area contributed by atoms with E-state index in [-0.39, 0.29) is 0 Å². The Morgan fingerprint density at radius 3 is 2.74 bits per heavy atom. The Kier molecular flexibility index (Phi) is 3.61. The van der Waals surface area contributed by atoms with Crippen molar-refractivity contribution in [1.82, 2.24) is 4.98 Å². The number of halogens is 1. The van der Waals surface area contributed by atoms with Gasteiger partial charge in [0.25, 0.3) is 0 Å². The fourth-order valence-electron chi connectivity index (χ4n) is 2.76. The molecule has 1 fully saturated rings. The van der Waals surface area contributed by atoms with Crippen LogP contribution in [0.4, 0.5) is 5.82 Å². The molecule has 0 saturated carbocycles. The van der Waals surface area contributed by atoms with Gasteiger partial charge in [0.15, 0.2) is 0 Å². The SMILES string of the molecule is CC1CCN(c2nc(CCl)cc3ccccc23)CC1. The minimum Gasteiger partial charge on any atom is -0.356 e. The lowest BCUT2D eigenvalue weighted by Crippen LogP contribution is -2.33. The van der Waals surface area contributed by atoms with Crippen molar-refractivity contribution in [3.05, 3.63) is 36.0 Å². The van der Waals surface area contributed by atoms with Crippen LogP contribution >= 0.6 is 11.6 Å². The minimum atomic E-state index is 0.474. The first kappa shape index (κ1) is 12.7. The molecular formula is C16H19ClN2. The van der Waals surface area contributed by atoms with Crippen LogP contribution in [-0.2, 0) is 5.88 Å². The van der Waals surface area contributed by atoms with Crippen molar-refractivity contribution in [2.24, 2.45) is 5.92 Å². The number of nitrogens with zero attached hydrogens (tertiary/aromatic N) is 2. The highest BCUT2D eigenvalue weighted by Crippen LogP contribution is 2.29. The molecule has 0 atom stereocenters. The summed E-state index contributed by atoms with van der Waals surface area (Å²) in [5, 5.41) is 2.48. The van der Waals surface area contributed by atoms with E-state index in [1.54, 1.807) is 0 Å². The number of anilines is 1. The van der Waals surface area contributed by atoms with Crippen molar-refractivity contribution in [2.75, 3.05) is 18.0 Å². The molecule has 0 unspecified atom stereocenters. The molecule has 0 radical (unpaired) electrons. The Morgan fingerprint density at radius 2 is 2.00 bits per heavy atom. The topological polar surface area (TPSA) is 16.1 Å². The summed E-state index contributed by atoms with van der Waals surface area (Å²) in [6, 6.07) is 10.6. The van der Waals surface area contributed by atoms with E-state index in [1.165, 1.54) is 23.6 Å². The van der Waals surface area contributed by atoms with Gasteiger partial charge in [-0.15, -0.1) is 11.6 Å². The van der Waals surface area contributed by atoms with Crippen molar-refractivity contribution in [3.63, 3.8) is 0 Å². The Morgan fingerprint density at radius 1 is 1.26 bits per heavy atom. The van der Waals surface area contributed by atoms with E-state index in [2.05, 4.69) is 42.2 Å². The number of benzene rings is 1. The number of fused-ring (bicyclic) bond motifs is 1. The van der Waals surface area contributed by atoms with Gasteiger partial charge in [-0.3, -0.25) is 0 Å². The molecule has 1 aromatic carbocycles. The summed E-state index contributed by atoms with van der Waals surface area (Å²) in [7, 11) is 0. The summed E-state index contributed by atoms with van der Waals surface area (Å²) in [4.78, 5) is 7.18. The second-order valence-corrected chi connectivity index (χ2v) is 5.73. The summed E-state index contributed by atoms with van der Waals surface area (Å²) >= 11 is 5.98. The summed E-state index contributed by atoms with van der Waals surface area (Å²) in [5.74, 6) is 2.42. The van der Waals surface area contributed by atoms with Crippen molar-refractivity contribution in [2.45, 2.75) is 25.6 Å². The van der Waals surface area contributed by atoms with Gasteiger partial charge in [0.2, 0.25) is 0 Å². The summed E-state index contributed by atoms with van der Waals surface area (Å²) in [6.07, 6.45) is 2.50. The predicted octanol–water partition coefficient (Wildman–Crippen LogP) is 4.21. The van der Waals surface area contributed by atoms with Gasteiger partial charge >= 0.3 is 0 Å². The van der Waals surface area contributed by atoms with Crippen LogP contribution in [0.1, 0.15) is 25.5 Å². The van der Waals surface area contributed by atoms with Crippen LogP contribution in [0.3, 0.4) is 0 Å². The zero-order chi connectivity index (χ0) is 13.2. The van der Waals surface area contributed by atoms with E-state index >= 15 is 0 Å². The lowest BCUT2D eigenvalue weighted by atomic mass is 9.99. The molecule has 0 amide bonds. The lowest BCUT2D eigenvalue weighted by molar-refractivity contribution is 0.437. The maximum absolute atomic E-state index is 5.98. The van der Waals surface area contributed by atoms with Crippen molar-refractivity contribution >= 4 is 28.2 Å². The molecule has 3 rings (SSSR count). The number of pyridine rings is 1. The van der Waals surface area contributed by atoms with Crippen LogP contribution in [0.2, 0.25) is 0 Å². The Balaban J connectivity index is 2.05. The van der Waals surface area contributed by atoms with E-state index in [9.17, 15) is 0 Å². The second-order valence-electron chi connectivity index (χ2n) is 5.46. The Hall–Kier alpha value is -1.28. The molecular weight excluding hydrogens is 256 g/mol. The molecule has 0 bridgehead atoms. The van der Waals surface area contributed by atoms with E-state index in [0.29, 0.717) is 5.88 Å². The number of alkyl halides is 1. The maximum Gasteiger partial charge on any atom is 0.136 e. The molecule has 19 heavy (non-hydrogen) atoms. The molecule has 100 valence electrons. The van der Waals surface area contributed by atoms with Crippen LogP contribution in [0.25, 0.3) is 10.8 Å². The molecule has 1 aliphatic heterocycles. The Labute approximate surface area is 119 Å². The van der Waals surface area contributed by atoms with E-state index < -0.39 is 0 Å². The first-order chi connectivity index (χ1) is 9.28. The van der Waals surface area contributed by atoms with Gasteiger partial charge in [-0.05, 0) is 30.2 Å². The summed E-state index contributed by atoms with van der Waals surface area (Å²) in [5.41, 5.74) is 0.967. The predicted molar refractivity (Wildman–Crippen MR) is 81.9 cm³/mol. The molecule has 1 saturated heterocycles. The van der Waals surface area contributed by atoms with Gasteiger partial charge in [0, 0.05) is 18.5 Å². The number of piperidine rings is 1. The van der Waals surface area contributed by atoms with Crippen LogP contribution < -0.4 is 4.90 Å². The molecule has 0 spiro atoms. The largest absolute Gasteiger partial charge is 0.356 e. The van der Waals surface area contributed by atoms with Gasteiger partial charge in [-0.25, -0.2) is 4.98 Å². The average molecular weight is 275 g/mol. The first-order valence-corrected chi connectivity index (χ1v) is 7.51. The number of hydrogen-bond donors (Lipinski definition) is 0. The maximum atomic E-state index is 5.98. The fourth-order valence-corrected chi connectivity index (χ4v) is 2.90. The molecule has 1 aliphatic rings. The van der Waals surface area contributed by atoms with Gasteiger partial charge in [0.05, 0.1) is 11.6 Å². The third kappa shape index (κ3) is 2.55. The van der Waals surface area contributed by atoms with Crippen molar-refractivity contribution in [1.29, 1.82) is 0 Å². The highest BCUT2D eigenvalue weighted by molar-refractivity contribution is 6.17. The van der Waals surface area contributed by atoms with Gasteiger partial charge in [0.1, 0.15) is 5.82 Å². The molecule has 3 heteroatoms. The van der Waals surface area contributed by atoms with Crippen LogP contribution in [0, 0.1) is 5.92 Å². The number of hydrogen-bond acceptors (Lipinski definition) is 2. The standard InChI is InChI=1S/C16H19ClN2/c1-12-6-8-19(9-7-12)16-15-5-3-2-4-13(15)10-14(11-17)18-16/h2-5,10,12H,6-9,11H2,1H3. The van der Waals surface area contributed by atoms with E-state index in [4.69, 9.17) is 16.6 Å². The Bertz CT molecular complexity index is 574. The minimum absolute atomic E-state index is 0.474. The monoisotopic (exact) mass is 274 g/mol. The average Bonchev–Trinajstić information content (AvgIpc) is 2.47.